The fraction of sp³-hybridized carbons (Fsp3) is 0.636. The Kier molecular flexibility index (Phi) is 3.61. The molecule has 0 aliphatic carbocycles. The second kappa shape index (κ2) is 4.87. The number of nitrogens with one attached hydrogen (secondary N) is 1. The highest BCUT2D eigenvalue weighted by Gasteiger charge is 2.45. The van der Waals surface area contributed by atoms with E-state index in [9.17, 15) is 14.7 Å². The lowest BCUT2D eigenvalue weighted by atomic mass is 9.98. The summed E-state index contributed by atoms with van der Waals surface area (Å²) >= 11 is 6.18. The zero-order chi connectivity index (χ0) is 13.3. The molecule has 1 aromatic heterocycles. The number of nitrogens with zero attached hydrogens (tertiary/aromatic N) is 1. The summed E-state index contributed by atoms with van der Waals surface area (Å²) in [7, 11) is 0. The van der Waals surface area contributed by atoms with Gasteiger partial charge >= 0.3 is 5.69 Å². The van der Waals surface area contributed by atoms with Crippen LogP contribution in [0.25, 0.3) is 0 Å². The van der Waals surface area contributed by atoms with E-state index in [1.165, 1.54) is 16.8 Å². The summed E-state index contributed by atoms with van der Waals surface area (Å²) in [6, 6.07) is 1.24. The van der Waals surface area contributed by atoms with Crippen LogP contribution in [0.4, 0.5) is 0 Å². The van der Waals surface area contributed by atoms with Crippen molar-refractivity contribution in [3.8, 4) is 0 Å². The van der Waals surface area contributed by atoms with Crippen molar-refractivity contribution in [3.63, 3.8) is 0 Å². The molecule has 0 unspecified atom stereocenters. The molecule has 3 atom stereocenters. The highest BCUT2D eigenvalue weighted by molar-refractivity contribution is 6.21. The number of rotatable bonds is 3. The molecule has 1 aliphatic heterocycles. The third-order valence-corrected chi connectivity index (χ3v) is 3.67. The number of aromatic amines is 1. The molecule has 2 heterocycles. The molecule has 100 valence electrons. The van der Waals surface area contributed by atoms with Gasteiger partial charge in [0.15, 0.2) is 6.23 Å². The van der Waals surface area contributed by atoms with E-state index in [1.807, 2.05) is 6.92 Å². The lowest BCUT2D eigenvalue weighted by molar-refractivity contribution is -0.101. The van der Waals surface area contributed by atoms with E-state index in [0.29, 0.717) is 12.8 Å². The van der Waals surface area contributed by atoms with Crippen molar-refractivity contribution in [1.82, 2.24) is 9.55 Å². The molecule has 0 spiro atoms. The third kappa shape index (κ3) is 2.23. The van der Waals surface area contributed by atoms with E-state index >= 15 is 0 Å². The van der Waals surface area contributed by atoms with Crippen LogP contribution < -0.4 is 11.2 Å². The van der Waals surface area contributed by atoms with E-state index in [0.717, 1.165) is 0 Å². The minimum absolute atomic E-state index is 0.151. The van der Waals surface area contributed by atoms with Gasteiger partial charge in [-0.3, -0.25) is 14.3 Å². The number of ether oxygens (including phenoxy) is 1. The Bertz CT molecular complexity index is 534. The molecule has 1 aromatic rings. The van der Waals surface area contributed by atoms with E-state index in [1.54, 1.807) is 0 Å². The Labute approximate surface area is 108 Å². The van der Waals surface area contributed by atoms with E-state index in [4.69, 9.17) is 16.3 Å². The second-order valence-corrected chi connectivity index (χ2v) is 5.00. The number of H-pyrrole nitrogens is 1. The van der Waals surface area contributed by atoms with Crippen LogP contribution in [0.2, 0.25) is 0 Å². The first-order chi connectivity index (χ1) is 8.51. The first-order valence-corrected chi connectivity index (χ1v) is 6.19. The molecule has 2 N–H and O–H groups in total. The van der Waals surface area contributed by atoms with Gasteiger partial charge in [0.05, 0.1) is 17.6 Å². The van der Waals surface area contributed by atoms with Crippen molar-refractivity contribution < 1.29 is 9.84 Å². The van der Waals surface area contributed by atoms with E-state index in [-0.39, 0.29) is 6.61 Å². The van der Waals surface area contributed by atoms with Crippen molar-refractivity contribution in [2.24, 2.45) is 0 Å². The van der Waals surface area contributed by atoms with Gasteiger partial charge in [0, 0.05) is 12.3 Å². The predicted octanol–water partition coefficient (Wildman–Crippen LogP) is 0.204. The SMILES string of the molecule is CC[C@@]1(CO)C[C@@H](Cl)[C@@H](n2ccc(=O)[nH]c2=O)O1. The minimum Gasteiger partial charge on any atom is -0.393 e. The van der Waals surface area contributed by atoms with Gasteiger partial charge in [0.25, 0.3) is 5.56 Å². The molecule has 2 rings (SSSR count). The van der Waals surface area contributed by atoms with Crippen LogP contribution in [0.3, 0.4) is 0 Å². The molecule has 0 radical (unpaired) electrons. The van der Waals surface area contributed by atoms with E-state index in [2.05, 4.69) is 4.98 Å². The van der Waals surface area contributed by atoms with Crippen molar-refractivity contribution in [1.29, 1.82) is 0 Å². The number of alkyl halides is 1. The van der Waals surface area contributed by atoms with Gasteiger partial charge in [-0.15, -0.1) is 11.6 Å². The molecule has 7 heteroatoms. The fourth-order valence-electron chi connectivity index (χ4n) is 2.13. The van der Waals surface area contributed by atoms with Crippen molar-refractivity contribution >= 4 is 11.6 Å². The molecule has 18 heavy (non-hydrogen) atoms. The lowest BCUT2D eigenvalue weighted by Gasteiger charge is -2.25. The highest BCUT2D eigenvalue weighted by Crippen LogP contribution is 2.40. The van der Waals surface area contributed by atoms with E-state index < -0.39 is 28.5 Å². The zero-order valence-corrected chi connectivity index (χ0v) is 10.7. The molecule has 1 fully saturated rings. The Hall–Kier alpha value is -1.11. The number of hydrogen-bond donors (Lipinski definition) is 2. The average Bonchev–Trinajstić information content (AvgIpc) is 2.67. The first-order valence-electron chi connectivity index (χ1n) is 5.75. The molecule has 1 aliphatic rings. The van der Waals surface area contributed by atoms with Crippen LogP contribution >= 0.6 is 11.6 Å². The van der Waals surface area contributed by atoms with Crippen LogP contribution in [-0.4, -0.2) is 32.2 Å². The summed E-state index contributed by atoms with van der Waals surface area (Å²) in [4.78, 5) is 24.8. The fourth-order valence-corrected chi connectivity index (χ4v) is 2.59. The lowest BCUT2D eigenvalue weighted by Crippen LogP contribution is -2.36. The van der Waals surface area contributed by atoms with Gasteiger partial charge in [-0.05, 0) is 12.8 Å². The summed E-state index contributed by atoms with van der Waals surface area (Å²) in [5.41, 5.74) is -1.75. The van der Waals surface area contributed by atoms with Gasteiger partial charge < -0.3 is 9.84 Å². The number of aromatic nitrogens is 2. The summed E-state index contributed by atoms with van der Waals surface area (Å²) in [6.07, 6.45) is 1.73. The topological polar surface area (TPSA) is 84.3 Å². The van der Waals surface area contributed by atoms with Gasteiger partial charge in [0.1, 0.15) is 0 Å². The predicted molar refractivity (Wildman–Crippen MR) is 65.8 cm³/mol. The molecule has 0 amide bonds. The van der Waals surface area contributed by atoms with Crippen molar-refractivity contribution in [2.75, 3.05) is 6.61 Å². The van der Waals surface area contributed by atoms with Gasteiger partial charge in [0.2, 0.25) is 0 Å². The summed E-state index contributed by atoms with van der Waals surface area (Å²) < 4.78 is 6.97. The van der Waals surface area contributed by atoms with Gasteiger partial charge in [-0.2, -0.15) is 0 Å². The second-order valence-electron chi connectivity index (χ2n) is 4.44. The van der Waals surface area contributed by atoms with Crippen LogP contribution in [0.1, 0.15) is 26.0 Å². The Morgan fingerprint density at radius 1 is 1.67 bits per heavy atom. The molecule has 6 nitrogen and oxygen atoms in total. The van der Waals surface area contributed by atoms with Crippen LogP contribution in [-0.2, 0) is 4.74 Å². The standard InChI is InChI=1S/C11H15ClN2O4/c1-2-11(6-15)5-7(12)9(18-11)14-4-3-8(16)13-10(14)17/h3-4,7,9,15H,2,5-6H2,1H3,(H,13,16,17)/t7-,9+,11+/m1/s1. The van der Waals surface area contributed by atoms with Gasteiger partial charge in [-0.25, -0.2) is 4.79 Å². The number of aliphatic hydroxyl groups is 1. The number of halogens is 1. The Morgan fingerprint density at radius 3 is 2.89 bits per heavy atom. The molecular formula is C11H15ClN2O4. The molecule has 0 aromatic carbocycles. The monoisotopic (exact) mass is 274 g/mol. The largest absolute Gasteiger partial charge is 0.393 e. The first kappa shape index (κ1) is 13.3. The van der Waals surface area contributed by atoms with Gasteiger partial charge in [-0.1, -0.05) is 6.92 Å². The maximum absolute atomic E-state index is 11.7. The Balaban J connectivity index is 2.35. The molecule has 1 saturated heterocycles. The summed E-state index contributed by atoms with van der Waals surface area (Å²) in [5, 5.41) is 8.95. The maximum Gasteiger partial charge on any atom is 0.330 e. The average molecular weight is 275 g/mol. The third-order valence-electron chi connectivity index (χ3n) is 3.30. The summed E-state index contributed by atoms with van der Waals surface area (Å²) in [5.74, 6) is 0. The van der Waals surface area contributed by atoms with Crippen LogP contribution in [0, 0.1) is 0 Å². The zero-order valence-electron chi connectivity index (χ0n) is 9.93. The molecular weight excluding hydrogens is 260 g/mol. The maximum atomic E-state index is 11.7. The number of aliphatic hydroxyl groups excluding tert-OH is 1. The summed E-state index contributed by atoms with van der Waals surface area (Å²) in [6.45, 7) is 1.74. The molecule has 0 bridgehead atoms. The minimum atomic E-state index is -0.716. The normalized spacial score (nSPS) is 31.7. The molecule has 0 saturated carbocycles. The smallest absolute Gasteiger partial charge is 0.330 e. The highest BCUT2D eigenvalue weighted by atomic mass is 35.5. The van der Waals surface area contributed by atoms with Crippen LogP contribution in [0.15, 0.2) is 21.9 Å². The van der Waals surface area contributed by atoms with Crippen LogP contribution in [0.5, 0.6) is 0 Å². The Morgan fingerprint density at radius 2 is 2.39 bits per heavy atom. The quantitative estimate of drug-likeness (QED) is 0.772. The van der Waals surface area contributed by atoms with Crippen molar-refractivity contribution in [2.45, 2.75) is 37.0 Å². The van der Waals surface area contributed by atoms with Crippen molar-refractivity contribution in [3.05, 3.63) is 33.1 Å². The number of hydrogen-bond acceptors (Lipinski definition) is 4.